The molecule has 0 aromatic heterocycles. The van der Waals surface area contributed by atoms with Crippen molar-refractivity contribution >= 4 is 34.8 Å². The highest BCUT2D eigenvalue weighted by molar-refractivity contribution is 6.34. The zero-order chi connectivity index (χ0) is 14.7. The quantitative estimate of drug-likeness (QED) is 0.901. The predicted molar refractivity (Wildman–Crippen MR) is 75.5 cm³/mol. The van der Waals surface area contributed by atoms with Crippen molar-refractivity contribution in [2.75, 3.05) is 5.32 Å². The number of nitrogens with zero attached hydrogens (tertiary/aromatic N) is 1. The molecule has 0 heterocycles. The standard InChI is InChI=1S/C14H7Cl2FN2O/c15-9-5-4-8(7-18)12(6-9)19-14(20)13-10(16)2-1-3-11(13)17/h1-6H,(H,19,20). The Balaban J connectivity index is 2.38. The van der Waals surface area contributed by atoms with Gasteiger partial charge >= 0.3 is 0 Å². The van der Waals surface area contributed by atoms with E-state index in [1.807, 2.05) is 6.07 Å². The first-order chi connectivity index (χ1) is 9.52. The number of nitrogens with one attached hydrogen (secondary N) is 1. The highest BCUT2D eigenvalue weighted by Crippen LogP contribution is 2.24. The fraction of sp³-hybridized carbons (Fsp3) is 0. The van der Waals surface area contributed by atoms with Crippen molar-refractivity contribution in [1.82, 2.24) is 0 Å². The molecule has 0 fully saturated rings. The first-order valence-corrected chi connectivity index (χ1v) is 6.23. The van der Waals surface area contributed by atoms with Crippen LogP contribution >= 0.6 is 23.2 Å². The van der Waals surface area contributed by atoms with Crippen LogP contribution in [0.15, 0.2) is 36.4 Å². The Bertz CT molecular complexity index is 705. The van der Waals surface area contributed by atoms with Crippen LogP contribution in [0.5, 0.6) is 0 Å². The maximum atomic E-state index is 13.6. The Morgan fingerprint density at radius 3 is 2.65 bits per heavy atom. The molecule has 1 amide bonds. The number of amides is 1. The van der Waals surface area contributed by atoms with E-state index in [4.69, 9.17) is 28.5 Å². The van der Waals surface area contributed by atoms with Gasteiger partial charge in [-0.05, 0) is 30.3 Å². The lowest BCUT2D eigenvalue weighted by molar-refractivity contribution is 0.102. The molecule has 0 aliphatic carbocycles. The zero-order valence-corrected chi connectivity index (χ0v) is 11.5. The normalized spacial score (nSPS) is 9.90. The Labute approximate surface area is 124 Å². The van der Waals surface area contributed by atoms with Crippen molar-refractivity contribution in [3.8, 4) is 6.07 Å². The molecule has 0 radical (unpaired) electrons. The number of anilines is 1. The van der Waals surface area contributed by atoms with Crippen LogP contribution in [-0.4, -0.2) is 5.91 Å². The van der Waals surface area contributed by atoms with Gasteiger partial charge in [0.2, 0.25) is 0 Å². The lowest BCUT2D eigenvalue weighted by Crippen LogP contribution is -2.15. The number of halogens is 3. The van der Waals surface area contributed by atoms with Gasteiger partial charge in [-0.3, -0.25) is 4.79 Å². The largest absolute Gasteiger partial charge is 0.321 e. The minimum absolute atomic E-state index is 0.0111. The molecule has 0 saturated heterocycles. The monoisotopic (exact) mass is 308 g/mol. The van der Waals surface area contributed by atoms with Gasteiger partial charge in [-0.2, -0.15) is 5.26 Å². The molecule has 6 heteroatoms. The van der Waals surface area contributed by atoms with Crippen molar-refractivity contribution in [2.45, 2.75) is 0 Å². The van der Waals surface area contributed by atoms with Crippen LogP contribution in [0, 0.1) is 17.1 Å². The summed E-state index contributed by atoms with van der Waals surface area (Å²) in [5.74, 6) is -1.48. The molecule has 0 unspecified atom stereocenters. The number of rotatable bonds is 2. The van der Waals surface area contributed by atoms with Gasteiger partial charge < -0.3 is 5.32 Å². The van der Waals surface area contributed by atoms with Crippen LogP contribution in [0.4, 0.5) is 10.1 Å². The second kappa shape index (κ2) is 5.91. The number of carbonyl (C=O) groups excluding carboxylic acids is 1. The molecule has 0 aliphatic rings. The molecule has 2 rings (SSSR count). The summed E-state index contributed by atoms with van der Waals surface area (Å²) in [6, 6.07) is 10.2. The molecule has 0 saturated carbocycles. The maximum Gasteiger partial charge on any atom is 0.260 e. The van der Waals surface area contributed by atoms with Crippen molar-refractivity contribution in [1.29, 1.82) is 5.26 Å². The Hall–Kier alpha value is -2.09. The van der Waals surface area contributed by atoms with Gasteiger partial charge in [0, 0.05) is 5.02 Å². The lowest BCUT2D eigenvalue weighted by Gasteiger charge is -2.09. The summed E-state index contributed by atoms with van der Waals surface area (Å²) in [7, 11) is 0. The second-order valence-corrected chi connectivity index (χ2v) is 4.70. The van der Waals surface area contributed by atoms with E-state index in [1.54, 1.807) is 0 Å². The predicted octanol–water partition coefficient (Wildman–Crippen LogP) is 4.26. The summed E-state index contributed by atoms with van der Waals surface area (Å²) in [6.07, 6.45) is 0. The molecule has 2 aromatic rings. The molecule has 0 aliphatic heterocycles. The Morgan fingerprint density at radius 1 is 1.25 bits per heavy atom. The van der Waals surface area contributed by atoms with E-state index in [1.165, 1.54) is 30.3 Å². The number of hydrogen-bond donors (Lipinski definition) is 1. The average molecular weight is 309 g/mol. The third kappa shape index (κ3) is 2.90. The summed E-state index contributed by atoms with van der Waals surface area (Å²) in [6.45, 7) is 0. The van der Waals surface area contributed by atoms with Crippen LogP contribution < -0.4 is 5.32 Å². The summed E-state index contributed by atoms with van der Waals surface area (Å²) in [5, 5.41) is 11.7. The smallest absolute Gasteiger partial charge is 0.260 e. The first kappa shape index (κ1) is 14.3. The molecule has 0 spiro atoms. The molecule has 2 aromatic carbocycles. The van der Waals surface area contributed by atoms with E-state index in [-0.39, 0.29) is 21.8 Å². The molecular formula is C14H7Cl2FN2O. The summed E-state index contributed by atoms with van der Waals surface area (Å²) >= 11 is 11.6. The van der Waals surface area contributed by atoms with Crippen molar-refractivity contribution in [2.24, 2.45) is 0 Å². The Morgan fingerprint density at radius 2 is 2.00 bits per heavy atom. The van der Waals surface area contributed by atoms with Gasteiger partial charge in [-0.15, -0.1) is 0 Å². The van der Waals surface area contributed by atoms with Crippen LogP contribution in [-0.2, 0) is 0 Å². The van der Waals surface area contributed by atoms with Gasteiger partial charge in [0.05, 0.1) is 21.8 Å². The molecule has 1 N–H and O–H groups in total. The number of hydrogen-bond acceptors (Lipinski definition) is 2. The number of carbonyl (C=O) groups is 1. The van der Waals surface area contributed by atoms with Gasteiger partial charge in [0.25, 0.3) is 5.91 Å². The van der Waals surface area contributed by atoms with E-state index in [9.17, 15) is 9.18 Å². The topological polar surface area (TPSA) is 52.9 Å². The summed E-state index contributed by atoms with van der Waals surface area (Å²) in [5.41, 5.74) is 0.137. The van der Waals surface area contributed by atoms with Crippen LogP contribution in [0.25, 0.3) is 0 Å². The third-order valence-corrected chi connectivity index (χ3v) is 3.09. The first-order valence-electron chi connectivity index (χ1n) is 5.48. The number of nitriles is 1. The lowest BCUT2D eigenvalue weighted by atomic mass is 10.1. The molecule has 0 atom stereocenters. The highest BCUT2D eigenvalue weighted by Gasteiger charge is 2.17. The molecule has 100 valence electrons. The number of benzene rings is 2. The fourth-order valence-electron chi connectivity index (χ4n) is 1.62. The summed E-state index contributed by atoms with van der Waals surface area (Å²) in [4.78, 5) is 12.0. The minimum atomic E-state index is -0.744. The van der Waals surface area contributed by atoms with Crippen molar-refractivity contribution < 1.29 is 9.18 Å². The van der Waals surface area contributed by atoms with Gasteiger partial charge in [0.1, 0.15) is 11.9 Å². The average Bonchev–Trinajstić information content (AvgIpc) is 2.38. The van der Waals surface area contributed by atoms with E-state index in [0.717, 1.165) is 6.07 Å². The van der Waals surface area contributed by atoms with E-state index >= 15 is 0 Å². The molecule has 20 heavy (non-hydrogen) atoms. The zero-order valence-electron chi connectivity index (χ0n) is 9.95. The van der Waals surface area contributed by atoms with Gasteiger partial charge in [-0.25, -0.2) is 4.39 Å². The van der Waals surface area contributed by atoms with E-state index in [0.29, 0.717) is 5.02 Å². The second-order valence-electron chi connectivity index (χ2n) is 3.85. The minimum Gasteiger partial charge on any atom is -0.321 e. The molecule has 3 nitrogen and oxygen atoms in total. The molecule has 0 bridgehead atoms. The van der Waals surface area contributed by atoms with Crippen molar-refractivity contribution in [3.05, 3.63) is 63.4 Å². The third-order valence-electron chi connectivity index (χ3n) is 2.54. The SMILES string of the molecule is N#Cc1ccc(Cl)cc1NC(=O)c1c(F)cccc1Cl. The fourth-order valence-corrected chi connectivity index (χ4v) is 2.04. The van der Waals surface area contributed by atoms with Crippen LogP contribution in [0.3, 0.4) is 0 Å². The molecular weight excluding hydrogens is 302 g/mol. The van der Waals surface area contributed by atoms with Gasteiger partial charge in [0.15, 0.2) is 0 Å². The maximum absolute atomic E-state index is 13.6. The Kier molecular flexibility index (Phi) is 4.23. The van der Waals surface area contributed by atoms with Crippen molar-refractivity contribution in [3.63, 3.8) is 0 Å². The van der Waals surface area contributed by atoms with E-state index < -0.39 is 11.7 Å². The van der Waals surface area contributed by atoms with Gasteiger partial charge in [-0.1, -0.05) is 29.3 Å². The van der Waals surface area contributed by atoms with Crippen LogP contribution in [0.1, 0.15) is 15.9 Å². The van der Waals surface area contributed by atoms with E-state index in [2.05, 4.69) is 5.32 Å². The highest BCUT2D eigenvalue weighted by atomic mass is 35.5. The van der Waals surface area contributed by atoms with Crippen LogP contribution in [0.2, 0.25) is 10.0 Å². The summed E-state index contributed by atoms with van der Waals surface area (Å²) < 4.78 is 13.6.